The molecule has 5 nitrogen and oxygen atoms in total. The Bertz CT molecular complexity index is 696. The molecule has 1 atom stereocenters. The van der Waals surface area contributed by atoms with Gasteiger partial charge in [-0.15, -0.1) is 0 Å². The molecule has 0 aromatic heterocycles. The van der Waals surface area contributed by atoms with Crippen LogP contribution >= 0.6 is 0 Å². The lowest BCUT2D eigenvalue weighted by atomic mass is 10.0. The zero-order valence-electron chi connectivity index (χ0n) is 13.5. The molecule has 5 heteroatoms. The first-order valence-electron chi connectivity index (χ1n) is 7.50. The molecule has 2 aromatic rings. The van der Waals surface area contributed by atoms with Crippen molar-refractivity contribution < 1.29 is 19.1 Å². The van der Waals surface area contributed by atoms with Crippen LogP contribution < -0.4 is 10.1 Å². The molecule has 0 aliphatic carbocycles. The van der Waals surface area contributed by atoms with Gasteiger partial charge >= 0.3 is 5.97 Å². The second kappa shape index (κ2) is 7.63. The molecule has 0 saturated carbocycles. The molecule has 0 fully saturated rings. The quantitative estimate of drug-likeness (QED) is 0.832. The van der Waals surface area contributed by atoms with Crippen LogP contribution in [0.3, 0.4) is 0 Å². The third-order valence-corrected chi connectivity index (χ3v) is 3.53. The van der Waals surface area contributed by atoms with Crippen LogP contribution in [0.4, 0.5) is 0 Å². The maximum absolute atomic E-state index is 12.0. The number of hydrogen-bond acceptors (Lipinski definition) is 4. The first kappa shape index (κ1) is 16.8. The lowest BCUT2D eigenvalue weighted by Crippen LogP contribution is -2.46. The van der Waals surface area contributed by atoms with Gasteiger partial charge in [-0.3, -0.25) is 4.79 Å². The van der Waals surface area contributed by atoms with E-state index in [0.717, 1.165) is 10.8 Å². The molecule has 0 bridgehead atoms. The second-order valence-corrected chi connectivity index (χ2v) is 5.61. The largest absolute Gasteiger partial charge is 0.484 e. The summed E-state index contributed by atoms with van der Waals surface area (Å²) in [5, 5.41) is 4.78. The molecule has 0 aliphatic heterocycles. The van der Waals surface area contributed by atoms with Crippen molar-refractivity contribution in [2.24, 2.45) is 5.92 Å². The van der Waals surface area contributed by atoms with E-state index < -0.39 is 12.0 Å². The molecule has 1 amide bonds. The molecule has 122 valence electrons. The van der Waals surface area contributed by atoms with Gasteiger partial charge in [-0.05, 0) is 28.8 Å². The lowest BCUT2D eigenvalue weighted by molar-refractivity contribution is -0.146. The molecule has 0 heterocycles. The molecule has 1 unspecified atom stereocenters. The van der Waals surface area contributed by atoms with Crippen LogP contribution in [0.1, 0.15) is 13.8 Å². The lowest BCUT2D eigenvalue weighted by Gasteiger charge is -2.19. The van der Waals surface area contributed by atoms with Crippen molar-refractivity contribution >= 4 is 22.6 Å². The van der Waals surface area contributed by atoms with Crippen molar-refractivity contribution in [2.45, 2.75) is 19.9 Å². The fraction of sp³-hybridized carbons (Fsp3) is 0.333. The van der Waals surface area contributed by atoms with Crippen molar-refractivity contribution in [1.29, 1.82) is 0 Å². The highest BCUT2D eigenvalue weighted by atomic mass is 16.5. The van der Waals surface area contributed by atoms with Gasteiger partial charge in [0.25, 0.3) is 5.91 Å². The van der Waals surface area contributed by atoms with E-state index >= 15 is 0 Å². The Kier molecular flexibility index (Phi) is 5.57. The van der Waals surface area contributed by atoms with E-state index in [0.29, 0.717) is 5.75 Å². The van der Waals surface area contributed by atoms with E-state index in [9.17, 15) is 9.59 Å². The van der Waals surface area contributed by atoms with Gasteiger partial charge in [0.1, 0.15) is 11.8 Å². The van der Waals surface area contributed by atoms with Gasteiger partial charge < -0.3 is 14.8 Å². The summed E-state index contributed by atoms with van der Waals surface area (Å²) >= 11 is 0. The normalized spacial score (nSPS) is 12.0. The number of nitrogens with one attached hydrogen (secondary N) is 1. The zero-order valence-corrected chi connectivity index (χ0v) is 13.5. The van der Waals surface area contributed by atoms with Gasteiger partial charge in [0.2, 0.25) is 0 Å². The van der Waals surface area contributed by atoms with Crippen LogP contribution in [0.15, 0.2) is 42.5 Å². The summed E-state index contributed by atoms with van der Waals surface area (Å²) in [7, 11) is 1.30. The van der Waals surface area contributed by atoms with E-state index in [1.54, 1.807) is 0 Å². The Morgan fingerprint density at radius 2 is 1.78 bits per heavy atom. The Hall–Kier alpha value is -2.56. The Balaban J connectivity index is 1.95. The first-order chi connectivity index (χ1) is 11.0. The number of fused-ring (bicyclic) bond motifs is 1. The Labute approximate surface area is 135 Å². The van der Waals surface area contributed by atoms with E-state index in [-0.39, 0.29) is 18.4 Å². The van der Waals surface area contributed by atoms with Crippen molar-refractivity contribution in [2.75, 3.05) is 13.7 Å². The minimum atomic E-state index is -0.673. The van der Waals surface area contributed by atoms with Crippen molar-refractivity contribution in [3.05, 3.63) is 42.5 Å². The number of benzene rings is 2. The third kappa shape index (κ3) is 4.45. The molecular weight excluding hydrogens is 294 g/mol. The van der Waals surface area contributed by atoms with Gasteiger partial charge in [-0.25, -0.2) is 4.79 Å². The monoisotopic (exact) mass is 315 g/mol. The van der Waals surface area contributed by atoms with Crippen LogP contribution in [-0.2, 0) is 14.3 Å². The molecule has 2 rings (SSSR count). The van der Waals surface area contributed by atoms with Gasteiger partial charge in [-0.2, -0.15) is 0 Å². The van der Waals surface area contributed by atoms with Gasteiger partial charge in [0.15, 0.2) is 6.61 Å². The second-order valence-electron chi connectivity index (χ2n) is 5.61. The number of rotatable bonds is 6. The van der Waals surface area contributed by atoms with Gasteiger partial charge in [-0.1, -0.05) is 44.2 Å². The summed E-state index contributed by atoms with van der Waals surface area (Å²) in [6.45, 7) is 3.52. The van der Waals surface area contributed by atoms with Crippen LogP contribution in [0.5, 0.6) is 5.75 Å². The number of amides is 1. The van der Waals surface area contributed by atoms with Crippen molar-refractivity contribution in [1.82, 2.24) is 5.32 Å². The van der Waals surface area contributed by atoms with E-state index in [1.165, 1.54) is 7.11 Å². The topological polar surface area (TPSA) is 64.6 Å². The average molecular weight is 315 g/mol. The predicted molar refractivity (Wildman–Crippen MR) is 88.2 cm³/mol. The molecule has 0 aliphatic rings. The summed E-state index contributed by atoms with van der Waals surface area (Å²) in [4.78, 5) is 23.6. The summed E-state index contributed by atoms with van der Waals surface area (Å²) in [6.07, 6.45) is 0. The first-order valence-corrected chi connectivity index (χ1v) is 7.50. The molecule has 0 spiro atoms. The van der Waals surface area contributed by atoms with E-state index in [1.807, 2.05) is 56.3 Å². The molecule has 0 radical (unpaired) electrons. The van der Waals surface area contributed by atoms with Crippen LogP contribution in [0, 0.1) is 5.92 Å². The summed E-state index contributed by atoms with van der Waals surface area (Å²) in [5.74, 6) is -0.272. The molecule has 23 heavy (non-hydrogen) atoms. The zero-order chi connectivity index (χ0) is 16.8. The van der Waals surface area contributed by atoms with Crippen molar-refractivity contribution in [3.8, 4) is 5.75 Å². The molecule has 0 saturated heterocycles. The number of carbonyl (C=O) groups excluding carboxylic acids is 2. The fourth-order valence-electron chi connectivity index (χ4n) is 2.25. The third-order valence-electron chi connectivity index (χ3n) is 3.53. The average Bonchev–Trinajstić information content (AvgIpc) is 2.56. The van der Waals surface area contributed by atoms with Gasteiger partial charge in [0.05, 0.1) is 7.11 Å². The van der Waals surface area contributed by atoms with Crippen molar-refractivity contribution in [3.63, 3.8) is 0 Å². The number of methoxy groups -OCH3 is 1. The Morgan fingerprint density at radius 3 is 2.43 bits per heavy atom. The van der Waals surface area contributed by atoms with Crippen LogP contribution in [-0.4, -0.2) is 31.6 Å². The Morgan fingerprint density at radius 1 is 1.09 bits per heavy atom. The number of carbonyl (C=O) groups is 2. The predicted octanol–water partition coefficient (Wildman–Crippen LogP) is 2.53. The minimum Gasteiger partial charge on any atom is -0.484 e. The molecular formula is C18H21NO4. The number of ether oxygens (including phenoxy) is 2. The highest BCUT2D eigenvalue weighted by Gasteiger charge is 2.24. The van der Waals surface area contributed by atoms with Gasteiger partial charge in [0, 0.05) is 0 Å². The van der Waals surface area contributed by atoms with E-state index in [2.05, 4.69) is 5.32 Å². The van der Waals surface area contributed by atoms with E-state index in [4.69, 9.17) is 9.47 Å². The standard InChI is InChI=1S/C18H21NO4/c1-12(2)17(18(21)22-3)19-16(20)11-23-15-9-8-13-6-4-5-7-14(13)10-15/h4-10,12,17H,11H2,1-3H3,(H,19,20). The summed E-state index contributed by atoms with van der Waals surface area (Å²) < 4.78 is 10.2. The summed E-state index contributed by atoms with van der Waals surface area (Å²) in [5.41, 5.74) is 0. The highest BCUT2D eigenvalue weighted by Crippen LogP contribution is 2.20. The molecule has 1 N–H and O–H groups in total. The number of esters is 1. The maximum atomic E-state index is 12.0. The highest BCUT2D eigenvalue weighted by molar-refractivity contribution is 5.86. The smallest absolute Gasteiger partial charge is 0.328 e. The van der Waals surface area contributed by atoms with Crippen LogP contribution in [0.25, 0.3) is 10.8 Å². The summed E-state index contributed by atoms with van der Waals surface area (Å²) in [6, 6.07) is 12.9. The minimum absolute atomic E-state index is 0.0629. The number of hydrogen-bond donors (Lipinski definition) is 1. The fourth-order valence-corrected chi connectivity index (χ4v) is 2.25. The maximum Gasteiger partial charge on any atom is 0.328 e. The molecule has 2 aromatic carbocycles. The van der Waals surface area contributed by atoms with Crippen LogP contribution in [0.2, 0.25) is 0 Å². The SMILES string of the molecule is COC(=O)C(NC(=O)COc1ccc2ccccc2c1)C(C)C.